The van der Waals surface area contributed by atoms with Crippen LogP contribution < -0.4 is 10.2 Å². The maximum Gasteiger partial charge on any atom is 0.408 e. The molecule has 0 spiro atoms. The lowest BCUT2D eigenvalue weighted by molar-refractivity contribution is -0.162. The fraction of sp³-hybridized carbons (Fsp3) is 0.440. The van der Waals surface area contributed by atoms with Gasteiger partial charge < -0.3 is 19.5 Å². The summed E-state index contributed by atoms with van der Waals surface area (Å²) in [6, 6.07) is -0.123. The molecule has 0 aromatic carbocycles. The number of halogens is 3. The number of nitrogens with zero attached hydrogens (tertiary/aromatic N) is 8. The number of imidazole rings is 1. The quantitative estimate of drug-likeness (QED) is 0.315. The summed E-state index contributed by atoms with van der Waals surface area (Å²) in [6.07, 6.45) is 4.22. The number of methoxy groups -OCH3 is 1. The average Bonchev–Trinajstić information content (AvgIpc) is 3.28. The number of hydrogen-bond acceptors (Lipinski definition) is 9. The second-order valence-electron chi connectivity index (χ2n) is 10.0. The number of anilines is 2. The molecule has 1 N–H and O–H groups in total. The summed E-state index contributed by atoms with van der Waals surface area (Å²) < 4.78 is 47.9. The van der Waals surface area contributed by atoms with E-state index >= 15 is 0 Å². The molecule has 6 rings (SSSR count). The number of nitrogens with one attached hydrogen (secondary N) is 1. The Labute approximate surface area is 231 Å². The van der Waals surface area contributed by atoms with Crippen LogP contribution in [0.2, 0.25) is 0 Å². The highest BCUT2D eigenvalue weighted by atomic mass is 32.1. The van der Waals surface area contributed by atoms with E-state index in [9.17, 15) is 18.0 Å². The Morgan fingerprint density at radius 2 is 2.02 bits per heavy atom. The van der Waals surface area contributed by atoms with Crippen molar-refractivity contribution in [2.45, 2.75) is 37.9 Å². The monoisotopic (exact) mass is 573 g/mol. The van der Waals surface area contributed by atoms with E-state index in [4.69, 9.17) is 4.74 Å². The topological polar surface area (TPSA) is 116 Å². The fourth-order valence-corrected chi connectivity index (χ4v) is 5.37. The number of carbonyl (C=O) groups is 1. The van der Waals surface area contributed by atoms with Crippen LogP contribution in [0.4, 0.5) is 24.7 Å². The molecule has 11 nitrogen and oxygen atoms in total. The first kappa shape index (κ1) is 26.4. The van der Waals surface area contributed by atoms with Gasteiger partial charge in [0.15, 0.2) is 10.8 Å². The minimum absolute atomic E-state index is 0.0343. The minimum Gasteiger partial charge on any atom is -0.384 e. The molecule has 2 fully saturated rings. The highest BCUT2D eigenvalue weighted by molar-refractivity contribution is 7.13. The van der Waals surface area contributed by atoms with E-state index in [1.54, 1.807) is 25.7 Å². The normalized spacial score (nSPS) is 16.7. The van der Waals surface area contributed by atoms with Gasteiger partial charge in [0, 0.05) is 43.6 Å². The molecule has 5 heterocycles. The molecular weight excluding hydrogens is 547 g/mol. The zero-order valence-electron chi connectivity index (χ0n) is 21.7. The maximum atomic E-state index is 13.3. The van der Waals surface area contributed by atoms with E-state index in [0.29, 0.717) is 18.4 Å². The summed E-state index contributed by atoms with van der Waals surface area (Å²) in [5.41, 5.74) is 2.86. The van der Waals surface area contributed by atoms with Gasteiger partial charge in [0.25, 0.3) is 5.91 Å². The van der Waals surface area contributed by atoms with Crippen LogP contribution in [0.15, 0.2) is 36.5 Å². The number of alkyl halides is 3. The van der Waals surface area contributed by atoms with Crippen LogP contribution in [0.5, 0.6) is 0 Å². The van der Waals surface area contributed by atoms with Crippen LogP contribution in [0.25, 0.3) is 16.5 Å². The Kier molecular flexibility index (Phi) is 6.78. The van der Waals surface area contributed by atoms with E-state index in [0.717, 1.165) is 72.2 Å². The summed E-state index contributed by atoms with van der Waals surface area (Å²) in [4.78, 5) is 28.6. The number of rotatable bonds is 9. The molecule has 40 heavy (non-hydrogen) atoms. The van der Waals surface area contributed by atoms with Crippen molar-refractivity contribution in [1.82, 2.24) is 34.3 Å². The van der Waals surface area contributed by atoms with Crippen molar-refractivity contribution in [3.05, 3.63) is 47.9 Å². The molecule has 1 saturated heterocycles. The number of carbonyl (C=O) groups excluding carboxylic acids is 1. The van der Waals surface area contributed by atoms with E-state index in [1.165, 1.54) is 5.38 Å². The molecule has 1 aliphatic heterocycles. The second-order valence-corrected chi connectivity index (χ2v) is 10.9. The average molecular weight is 574 g/mol. The van der Waals surface area contributed by atoms with Gasteiger partial charge in [0.05, 0.1) is 36.2 Å². The number of thiazole rings is 1. The predicted molar refractivity (Wildman–Crippen MR) is 141 cm³/mol. The molecule has 1 aliphatic carbocycles. The van der Waals surface area contributed by atoms with E-state index in [2.05, 4.69) is 35.4 Å². The molecule has 0 unspecified atom stereocenters. The second kappa shape index (κ2) is 10.3. The summed E-state index contributed by atoms with van der Waals surface area (Å²) in [7, 11) is 1.69. The summed E-state index contributed by atoms with van der Waals surface area (Å²) in [6.45, 7) is 3.33. The lowest BCUT2D eigenvalue weighted by Gasteiger charge is -2.41. The summed E-state index contributed by atoms with van der Waals surface area (Å²) in [5.74, 6) is 0.546. The van der Waals surface area contributed by atoms with Gasteiger partial charge >= 0.3 is 6.18 Å². The van der Waals surface area contributed by atoms with Crippen molar-refractivity contribution in [2.24, 2.45) is 5.92 Å². The third kappa shape index (κ3) is 5.18. The van der Waals surface area contributed by atoms with Gasteiger partial charge in [0.2, 0.25) is 0 Å². The highest BCUT2D eigenvalue weighted by Gasteiger charge is 2.39. The number of aromatic nitrogens is 7. The molecular formula is C25H26F3N9O2S. The molecule has 1 atom stereocenters. The Balaban J connectivity index is 1.23. The molecule has 1 amide bonds. The van der Waals surface area contributed by atoms with Crippen molar-refractivity contribution in [1.29, 1.82) is 0 Å². The molecule has 0 bridgehead atoms. The van der Waals surface area contributed by atoms with Crippen molar-refractivity contribution in [3.63, 3.8) is 0 Å². The fourth-order valence-electron chi connectivity index (χ4n) is 4.63. The van der Waals surface area contributed by atoms with E-state index < -0.39 is 18.1 Å². The first-order valence-electron chi connectivity index (χ1n) is 12.7. The van der Waals surface area contributed by atoms with Crippen LogP contribution in [0.1, 0.15) is 47.9 Å². The highest BCUT2D eigenvalue weighted by Crippen LogP contribution is 2.40. The molecule has 0 radical (unpaired) electrons. The zero-order valence-corrected chi connectivity index (χ0v) is 22.5. The number of hydrogen-bond donors (Lipinski definition) is 1. The van der Waals surface area contributed by atoms with E-state index in [1.807, 2.05) is 10.8 Å². The SMILES string of the molecule is COCC1CN(c2cnc(C(=O)Nc3csc(-c4nncn4[C@@H](C)C(F)(F)F)n3)cc2-n2cnc(C3CC3)c2)C1. The van der Waals surface area contributed by atoms with Crippen molar-refractivity contribution in [2.75, 3.05) is 37.0 Å². The van der Waals surface area contributed by atoms with Gasteiger partial charge in [-0.05, 0) is 25.8 Å². The lowest BCUT2D eigenvalue weighted by Crippen LogP contribution is -2.49. The standard InChI is InChI=1S/C25H26F3N9O2S/c1-14(25(26,27)28)37-13-31-34-22(37)24-33-21(11-40-24)32-23(38)17-5-19(36-9-18(30-12-36)16-3-4-16)20(6-29-17)35-7-15(8-35)10-39-2/h5-6,9,11-16H,3-4,7-8,10H2,1-2H3,(H,32,38)/t14-/m0/s1. The number of amides is 1. The zero-order chi connectivity index (χ0) is 28.0. The van der Waals surface area contributed by atoms with Crippen molar-refractivity contribution >= 4 is 28.7 Å². The third-order valence-corrected chi connectivity index (χ3v) is 7.91. The van der Waals surface area contributed by atoms with Crippen LogP contribution in [0.3, 0.4) is 0 Å². The minimum atomic E-state index is -4.48. The van der Waals surface area contributed by atoms with Crippen LogP contribution in [-0.2, 0) is 4.74 Å². The smallest absolute Gasteiger partial charge is 0.384 e. The lowest BCUT2D eigenvalue weighted by atomic mass is 10.00. The number of pyridine rings is 1. The van der Waals surface area contributed by atoms with Gasteiger partial charge in [-0.15, -0.1) is 21.5 Å². The summed E-state index contributed by atoms with van der Waals surface area (Å²) >= 11 is 1.05. The van der Waals surface area contributed by atoms with E-state index in [-0.39, 0.29) is 22.3 Å². The first-order valence-corrected chi connectivity index (χ1v) is 13.6. The molecule has 15 heteroatoms. The summed E-state index contributed by atoms with van der Waals surface area (Å²) in [5, 5.41) is 11.9. The predicted octanol–water partition coefficient (Wildman–Crippen LogP) is 4.32. The first-order chi connectivity index (χ1) is 19.2. The van der Waals surface area contributed by atoms with Crippen molar-refractivity contribution < 1.29 is 22.7 Å². The Hall–Kier alpha value is -3.85. The molecule has 4 aromatic rings. The Morgan fingerprint density at radius 3 is 2.75 bits per heavy atom. The van der Waals surface area contributed by atoms with Crippen LogP contribution >= 0.6 is 11.3 Å². The van der Waals surface area contributed by atoms with Gasteiger partial charge in [-0.25, -0.2) is 15.0 Å². The van der Waals surface area contributed by atoms with Gasteiger partial charge in [-0.3, -0.25) is 9.36 Å². The van der Waals surface area contributed by atoms with Crippen LogP contribution in [0, 0.1) is 5.92 Å². The Bertz CT molecular complexity index is 1520. The largest absolute Gasteiger partial charge is 0.408 e. The molecule has 210 valence electrons. The molecule has 1 saturated carbocycles. The van der Waals surface area contributed by atoms with Crippen LogP contribution in [-0.4, -0.2) is 73.2 Å². The van der Waals surface area contributed by atoms with Crippen molar-refractivity contribution in [3.8, 4) is 16.5 Å². The molecule has 2 aliphatic rings. The van der Waals surface area contributed by atoms with Gasteiger partial charge in [-0.1, -0.05) is 0 Å². The molecule has 4 aromatic heterocycles. The van der Waals surface area contributed by atoms with Gasteiger partial charge in [-0.2, -0.15) is 13.2 Å². The maximum absolute atomic E-state index is 13.3. The Morgan fingerprint density at radius 1 is 1.23 bits per heavy atom. The third-order valence-electron chi connectivity index (χ3n) is 7.07. The number of ether oxygens (including phenoxy) is 1. The van der Waals surface area contributed by atoms with Gasteiger partial charge in [0.1, 0.15) is 23.9 Å².